The van der Waals surface area contributed by atoms with Gasteiger partial charge in [0.05, 0.1) is 19.8 Å². The first-order chi connectivity index (χ1) is 12.7. The Morgan fingerprint density at radius 2 is 1.85 bits per heavy atom. The molecule has 0 radical (unpaired) electrons. The average Bonchev–Trinajstić information content (AvgIpc) is 2.68. The summed E-state index contributed by atoms with van der Waals surface area (Å²) in [6.07, 6.45) is 0.695. The minimum atomic E-state index is -0.565. The van der Waals surface area contributed by atoms with Crippen molar-refractivity contribution in [3.63, 3.8) is 0 Å². The molecule has 1 atom stereocenters. The number of rotatable bonds is 8. The minimum absolute atomic E-state index is 0.00194. The Kier molecular flexibility index (Phi) is 6.63. The molecule has 1 aliphatic rings. The summed E-state index contributed by atoms with van der Waals surface area (Å²) in [4.78, 5) is 2.31. The fraction of sp³-hybridized carbons (Fsp3) is 0.429. The van der Waals surface area contributed by atoms with E-state index in [4.69, 9.17) is 14.6 Å². The number of benzene rings is 2. The van der Waals surface area contributed by atoms with Crippen LogP contribution in [0.15, 0.2) is 54.6 Å². The second-order valence-corrected chi connectivity index (χ2v) is 6.78. The molecule has 1 aliphatic heterocycles. The summed E-state index contributed by atoms with van der Waals surface area (Å²) in [5, 5.41) is 18.9. The highest BCUT2D eigenvalue weighted by atomic mass is 16.5. The second kappa shape index (κ2) is 9.14. The molecule has 140 valence electrons. The molecule has 2 aromatic rings. The van der Waals surface area contributed by atoms with Gasteiger partial charge in [0.2, 0.25) is 0 Å². The van der Waals surface area contributed by atoms with Gasteiger partial charge in [-0.1, -0.05) is 42.5 Å². The van der Waals surface area contributed by atoms with Crippen LogP contribution in [0.5, 0.6) is 5.75 Å². The lowest BCUT2D eigenvalue weighted by molar-refractivity contribution is -0.134. The fourth-order valence-electron chi connectivity index (χ4n) is 3.44. The van der Waals surface area contributed by atoms with Crippen LogP contribution in [0.4, 0.5) is 0 Å². The first-order valence-electron chi connectivity index (χ1n) is 9.07. The molecule has 2 N–H and O–H groups in total. The average molecular weight is 357 g/mol. The molecule has 0 aliphatic carbocycles. The van der Waals surface area contributed by atoms with Crippen molar-refractivity contribution in [3.05, 3.63) is 65.7 Å². The van der Waals surface area contributed by atoms with Gasteiger partial charge in [-0.25, -0.2) is 0 Å². The molecular weight excluding hydrogens is 330 g/mol. The molecule has 3 rings (SSSR count). The third-order valence-electron chi connectivity index (χ3n) is 4.65. The SMILES string of the molecule is OCCOc1cccc(CN2CCO[C@](CO)(Cc3ccccc3)C2)c1. The van der Waals surface area contributed by atoms with Crippen LogP contribution in [0.1, 0.15) is 11.1 Å². The quantitative estimate of drug-likeness (QED) is 0.755. The van der Waals surface area contributed by atoms with Gasteiger partial charge in [0, 0.05) is 26.1 Å². The maximum Gasteiger partial charge on any atom is 0.119 e. The second-order valence-electron chi connectivity index (χ2n) is 6.78. The zero-order chi connectivity index (χ0) is 18.2. The van der Waals surface area contributed by atoms with Crippen molar-refractivity contribution >= 4 is 0 Å². The summed E-state index contributed by atoms with van der Waals surface area (Å²) in [5.74, 6) is 0.766. The summed E-state index contributed by atoms with van der Waals surface area (Å²) in [6, 6.07) is 18.1. The molecule has 1 fully saturated rings. The number of hydrogen-bond acceptors (Lipinski definition) is 5. The summed E-state index contributed by atoms with van der Waals surface area (Å²) in [6.45, 7) is 3.19. The molecule has 0 saturated carbocycles. The van der Waals surface area contributed by atoms with E-state index in [1.807, 2.05) is 36.4 Å². The van der Waals surface area contributed by atoms with E-state index in [-0.39, 0.29) is 13.2 Å². The lowest BCUT2D eigenvalue weighted by Gasteiger charge is -2.42. The van der Waals surface area contributed by atoms with E-state index < -0.39 is 5.60 Å². The standard InChI is InChI=1S/C21H27NO4/c23-10-12-25-20-8-4-7-19(13-20)15-22-9-11-26-21(16-22,17-24)14-18-5-2-1-3-6-18/h1-8,13,23-24H,9-12,14-17H2/t21-/m1/s1. The van der Waals surface area contributed by atoms with Gasteiger partial charge in [-0.3, -0.25) is 4.90 Å². The Balaban J connectivity index is 1.65. The monoisotopic (exact) mass is 357 g/mol. The first-order valence-corrected chi connectivity index (χ1v) is 9.07. The van der Waals surface area contributed by atoms with Crippen molar-refractivity contribution in [2.45, 2.75) is 18.6 Å². The molecule has 0 bridgehead atoms. The summed E-state index contributed by atoms with van der Waals surface area (Å²) < 4.78 is 11.5. The molecule has 5 heteroatoms. The van der Waals surface area contributed by atoms with Gasteiger partial charge in [-0.2, -0.15) is 0 Å². The van der Waals surface area contributed by atoms with Crippen molar-refractivity contribution in [2.75, 3.05) is 39.5 Å². The van der Waals surface area contributed by atoms with E-state index in [1.54, 1.807) is 0 Å². The van der Waals surface area contributed by atoms with Crippen LogP contribution in [0.2, 0.25) is 0 Å². The molecule has 0 unspecified atom stereocenters. The van der Waals surface area contributed by atoms with Gasteiger partial charge in [-0.05, 0) is 23.3 Å². The van der Waals surface area contributed by atoms with Gasteiger partial charge in [0.25, 0.3) is 0 Å². The normalized spacial score (nSPS) is 20.8. The molecule has 1 heterocycles. The summed E-state index contributed by atoms with van der Waals surface area (Å²) in [7, 11) is 0. The highest BCUT2D eigenvalue weighted by molar-refractivity contribution is 5.28. The lowest BCUT2D eigenvalue weighted by atomic mass is 9.93. The van der Waals surface area contributed by atoms with Crippen molar-refractivity contribution in [1.29, 1.82) is 0 Å². The number of morpholine rings is 1. The molecule has 0 spiro atoms. The van der Waals surface area contributed by atoms with Gasteiger partial charge >= 0.3 is 0 Å². The van der Waals surface area contributed by atoms with E-state index >= 15 is 0 Å². The third-order valence-corrected chi connectivity index (χ3v) is 4.65. The van der Waals surface area contributed by atoms with Gasteiger partial charge < -0.3 is 19.7 Å². The first kappa shape index (κ1) is 18.9. The third kappa shape index (κ3) is 5.05. The van der Waals surface area contributed by atoms with Crippen molar-refractivity contribution in [1.82, 2.24) is 4.90 Å². The van der Waals surface area contributed by atoms with Crippen molar-refractivity contribution in [2.24, 2.45) is 0 Å². The van der Waals surface area contributed by atoms with E-state index in [0.717, 1.165) is 24.4 Å². The largest absolute Gasteiger partial charge is 0.491 e. The molecule has 0 aromatic heterocycles. The fourth-order valence-corrected chi connectivity index (χ4v) is 3.44. The zero-order valence-corrected chi connectivity index (χ0v) is 15.0. The number of aliphatic hydroxyl groups is 2. The predicted octanol–water partition coefficient (Wildman–Crippen LogP) is 1.86. The molecule has 0 amide bonds. The van der Waals surface area contributed by atoms with Gasteiger partial charge in [0.15, 0.2) is 0 Å². The molecule has 2 aromatic carbocycles. The highest BCUT2D eigenvalue weighted by Crippen LogP contribution is 2.25. The molecule has 5 nitrogen and oxygen atoms in total. The number of ether oxygens (including phenoxy) is 2. The van der Waals surface area contributed by atoms with Crippen LogP contribution in [-0.2, 0) is 17.7 Å². The van der Waals surface area contributed by atoms with E-state index in [1.165, 1.54) is 5.56 Å². The van der Waals surface area contributed by atoms with Gasteiger partial charge in [0.1, 0.15) is 18.0 Å². The van der Waals surface area contributed by atoms with Crippen molar-refractivity contribution in [3.8, 4) is 5.75 Å². The van der Waals surface area contributed by atoms with Crippen LogP contribution in [-0.4, -0.2) is 60.2 Å². The summed E-state index contributed by atoms with van der Waals surface area (Å²) in [5.41, 5.74) is 1.75. The number of nitrogens with zero attached hydrogens (tertiary/aromatic N) is 1. The Morgan fingerprint density at radius 3 is 2.62 bits per heavy atom. The van der Waals surface area contributed by atoms with Crippen LogP contribution >= 0.6 is 0 Å². The predicted molar refractivity (Wildman–Crippen MR) is 100 cm³/mol. The Morgan fingerprint density at radius 1 is 1.04 bits per heavy atom. The van der Waals surface area contributed by atoms with Crippen LogP contribution in [0.25, 0.3) is 0 Å². The van der Waals surface area contributed by atoms with Gasteiger partial charge in [-0.15, -0.1) is 0 Å². The van der Waals surface area contributed by atoms with Crippen molar-refractivity contribution < 1.29 is 19.7 Å². The maximum absolute atomic E-state index is 10.0. The van der Waals surface area contributed by atoms with Crippen LogP contribution in [0.3, 0.4) is 0 Å². The number of aliphatic hydroxyl groups excluding tert-OH is 2. The smallest absolute Gasteiger partial charge is 0.119 e. The Labute approximate surface area is 154 Å². The number of hydrogen-bond donors (Lipinski definition) is 2. The Hall–Kier alpha value is -1.92. The topological polar surface area (TPSA) is 62.2 Å². The Bertz CT molecular complexity index is 679. The van der Waals surface area contributed by atoms with Crippen LogP contribution < -0.4 is 4.74 Å². The minimum Gasteiger partial charge on any atom is -0.491 e. The van der Waals surface area contributed by atoms with E-state index in [0.29, 0.717) is 26.2 Å². The molecular formula is C21H27NO4. The van der Waals surface area contributed by atoms with E-state index in [2.05, 4.69) is 23.1 Å². The molecule has 26 heavy (non-hydrogen) atoms. The highest BCUT2D eigenvalue weighted by Gasteiger charge is 2.36. The molecule has 1 saturated heterocycles. The van der Waals surface area contributed by atoms with E-state index in [9.17, 15) is 5.11 Å². The van der Waals surface area contributed by atoms with Crippen LogP contribution in [0, 0.1) is 0 Å². The summed E-state index contributed by atoms with van der Waals surface area (Å²) >= 11 is 0. The zero-order valence-electron chi connectivity index (χ0n) is 15.0. The lowest BCUT2D eigenvalue weighted by Crippen LogP contribution is -2.55. The maximum atomic E-state index is 10.0.